The van der Waals surface area contributed by atoms with Crippen molar-refractivity contribution >= 4 is 28.9 Å². The number of fused-ring (bicyclic) bond motifs is 4. The van der Waals surface area contributed by atoms with E-state index in [-0.39, 0.29) is 12.3 Å². The number of aliphatic imine (C=N–C) groups is 2. The molecular weight excluding hydrogens is 364 g/mol. The topological polar surface area (TPSA) is 67.9 Å². The Balaban J connectivity index is 1.13. The van der Waals surface area contributed by atoms with Crippen LogP contribution in [-0.2, 0) is 11.2 Å². The van der Waals surface area contributed by atoms with Crippen molar-refractivity contribution in [3.05, 3.63) is 54.1 Å². The highest BCUT2D eigenvalue weighted by Gasteiger charge is 2.28. The number of ether oxygens (including phenoxy) is 1. The van der Waals surface area contributed by atoms with Crippen molar-refractivity contribution in [1.82, 2.24) is 19.4 Å². The Bertz CT molecular complexity index is 1130. The van der Waals surface area contributed by atoms with Crippen LogP contribution in [0, 0.1) is 0 Å². The highest BCUT2D eigenvalue weighted by Crippen LogP contribution is 2.33. The third kappa shape index (κ3) is 2.93. The van der Waals surface area contributed by atoms with E-state index in [1.807, 2.05) is 12.5 Å². The molecule has 146 valence electrons. The van der Waals surface area contributed by atoms with Gasteiger partial charge in [0.25, 0.3) is 0 Å². The number of hydrogen-bond donors (Lipinski definition) is 0. The lowest BCUT2D eigenvalue weighted by Gasteiger charge is -2.21. The van der Waals surface area contributed by atoms with Gasteiger partial charge in [0.1, 0.15) is 24.0 Å². The molecule has 2 unspecified atom stereocenters. The standard InChI is InChI=1S/C22H22N6O/c1(15-2-5-18-19(11-15)26-14-27-10-8-24-22(18)27)3-17-4-6-20(29-17)28-9-7-16-12-23-13-25-21(16)28/h2,5,7,9,11-14,17,20H,1,3-4,6,8,10H2. The van der Waals surface area contributed by atoms with Crippen LogP contribution in [0.3, 0.4) is 0 Å². The minimum atomic E-state index is 0.0619. The smallest absolute Gasteiger partial charge is 0.145 e. The fourth-order valence-electron chi connectivity index (χ4n) is 4.54. The van der Waals surface area contributed by atoms with Crippen LogP contribution in [0.2, 0.25) is 0 Å². The van der Waals surface area contributed by atoms with Crippen molar-refractivity contribution in [2.75, 3.05) is 13.1 Å². The van der Waals surface area contributed by atoms with Crippen LogP contribution in [-0.4, -0.2) is 50.8 Å². The first-order valence-corrected chi connectivity index (χ1v) is 10.3. The molecule has 0 aliphatic carbocycles. The average Bonchev–Trinajstić information content (AvgIpc) is 3.50. The zero-order valence-corrected chi connectivity index (χ0v) is 16.1. The molecule has 2 aromatic heterocycles. The summed E-state index contributed by atoms with van der Waals surface area (Å²) in [7, 11) is 0. The Morgan fingerprint density at radius 3 is 3.17 bits per heavy atom. The first-order valence-electron chi connectivity index (χ1n) is 10.3. The van der Waals surface area contributed by atoms with Gasteiger partial charge in [0.2, 0.25) is 0 Å². The predicted molar refractivity (Wildman–Crippen MR) is 112 cm³/mol. The van der Waals surface area contributed by atoms with Crippen molar-refractivity contribution in [3.8, 4) is 0 Å². The van der Waals surface area contributed by atoms with E-state index in [1.165, 1.54) is 5.56 Å². The zero-order valence-electron chi connectivity index (χ0n) is 16.1. The van der Waals surface area contributed by atoms with E-state index in [9.17, 15) is 0 Å². The molecule has 3 aliphatic heterocycles. The SMILES string of the molecule is C1=Nc2cc(CCC3CCC(n4ccc5cncnc54)O3)ccc2C2=NCCN12. The van der Waals surface area contributed by atoms with E-state index in [2.05, 4.69) is 59.9 Å². The van der Waals surface area contributed by atoms with Gasteiger partial charge in [-0.1, -0.05) is 6.07 Å². The van der Waals surface area contributed by atoms with Gasteiger partial charge in [0.05, 0.1) is 24.7 Å². The Labute approximate surface area is 168 Å². The molecule has 3 aliphatic rings. The Morgan fingerprint density at radius 2 is 2.17 bits per heavy atom. The molecule has 2 atom stereocenters. The van der Waals surface area contributed by atoms with Gasteiger partial charge in [-0.15, -0.1) is 0 Å². The zero-order chi connectivity index (χ0) is 19.2. The summed E-state index contributed by atoms with van der Waals surface area (Å²) in [6.07, 6.45) is 11.8. The van der Waals surface area contributed by atoms with E-state index in [0.717, 1.165) is 66.9 Å². The third-order valence-corrected chi connectivity index (χ3v) is 6.04. The number of aromatic nitrogens is 3. The van der Waals surface area contributed by atoms with Gasteiger partial charge in [-0.3, -0.25) is 4.99 Å². The second kappa shape index (κ2) is 6.77. The lowest BCUT2D eigenvalue weighted by atomic mass is 10.0. The van der Waals surface area contributed by atoms with E-state index in [1.54, 1.807) is 6.33 Å². The molecule has 0 N–H and O–H groups in total. The molecule has 1 fully saturated rings. The summed E-state index contributed by atoms with van der Waals surface area (Å²) in [5.74, 6) is 1.06. The fourth-order valence-corrected chi connectivity index (χ4v) is 4.54. The normalized spacial score (nSPS) is 22.8. The van der Waals surface area contributed by atoms with Crippen LogP contribution in [0.25, 0.3) is 11.0 Å². The number of rotatable bonds is 4. The van der Waals surface area contributed by atoms with Crippen molar-refractivity contribution < 1.29 is 4.74 Å². The Morgan fingerprint density at radius 1 is 1.17 bits per heavy atom. The lowest BCUT2D eigenvalue weighted by molar-refractivity contribution is 0.00119. The van der Waals surface area contributed by atoms with E-state index in [4.69, 9.17) is 4.74 Å². The third-order valence-electron chi connectivity index (χ3n) is 6.04. The van der Waals surface area contributed by atoms with Crippen LogP contribution in [0.4, 0.5) is 5.69 Å². The molecule has 29 heavy (non-hydrogen) atoms. The largest absolute Gasteiger partial charge is 0.355 e. The number of hydrogen-bond acceptors (Lipinski definition) is 6. The Hall–Kier alpha value is -3.06. The van der Waals surface area contributed by atoms with Gasteiger partial charge in [-0.2, -0.15) is 0 Å². The summed E-state index contributed by atoms with van der Waals surface area (Å²) < 4.78 is 8.49. The highest BCUT2D eigenvalue weighted by molar-refractivity contribution is 6.11. The molecule has 0 bridgehead atoms. The second-order valence-electron chi connectivity index (χ2n) is 7.85. The van der Waals surface area contributed by atoms with Gasteiger partial charge in [0, 0.05) is 29.9 Å². The molecule has 0 amide bonds. The van der Waals surface area contributed by atoms with Gasteiger partial charge >= 0.3 is 0 Å². The minimum Gasteiger partial charge on any atom is -0.355 e. The summed E-state index contributed by atoms with van der Waals surface area (Å²) >= 11 is 0. The summed E-state index contributed by atoms with van der Waals surface area (Å²) in [5.41, 5.74) is 4.43. The summed E-state index contributed by atoms with van der Waals surface area (Å²) in [6, 6.07) is 8.63. The summed E-state index contributed by atoms with van der Waals surface area (Å²) in [4.78, 5) is 19.9. The number of benzene rings is 1. The van der Waals surface area contributed by atoms with Crippen LogP contribution in [0.5, 0.6) is 0 Å². The van der Waals surface area contributed by atoms with Crippen molar-refractivity contribution in [3.63, 3.8) is 0 Å². The number of aryl methyl sites for hydroxylation is 1. The monoisotopic (exact) mass is 386 g/mol. The number of amidine groups is 1. The second-order valence-corrected chi connectivity index (χ2v) is 7.85. The maximum Gasteiger partial charge on any atom is 0.145 e. The van der Waals surface area contributed by atoms with Crippen LogP contribution >= 0.6 is 0 Å². The average molecular weight is 386 g/mol. The lowest BCUT2D eigenvalue weighted by Crippen LogP contribution is -2.29. The molecule has 5 heterocycles. The molecule has 1 saturated heterocycles. The molecule has 0 spiro atoms. The molecular formula is C22H22N6O. The van der Waals surface area contributed by atoms with Crippen molar-refractivity contribution in [1.29, 1.82) is 0 Å². The van der Waals surface area contributed by atoms with Crippen LogP contribution < -0.4 is 0 Å². The van der Waals surface area contributed by atoms with E-state index >= 15 is 0 Å². The van der Waals surface area contributed by atoms with Crippen LogP contribution in [0.1, 0.15) is 36.6 Å². The Kier molecular flexibility index (Phi) is 3.94. The van der Waals surface area contributed by atoms with Gasteiger partial charge in [-0.05, 0) is 49.4 Å². The van der Waals surface area contributed by atoms with E-state index < -0.39 is 0 Å². The molecule has 0 radical (unpaired) electrons. The van der Waals surface area contributed by atoms with Crippen LogP contribution in [0.15, 0.2) is 53.0 Å². The minimum absolute atomic E-state index is 0.0619. The first kappa shape index (κ1) is 16.9. The summed E-state index contributed by atoms with van der Waals surface area (Å²) in [6.45, 7) is 1.79. The fraction of sp³-hybridized carbons (Fsp3) is 0.364. The van der Waals surface area contributed by atoms with Crippen molar-refractivity contribution in [2.45, 2.75) is 38.0 Å². The van der Waals surface area contributed by atoms with E-state index in [0.29, 0.717) is 0 Å². The molecule has 6 rings (SSSR count). The van der Waals surface area contributed by atoms with Gasteiger partial charge in [-0.25, -0.2) is 15.0 Å². The maximum atomic E-state index is 6.35. The predicted octanol–water partition coefficient (Wildman–Crippen LogP) is 3.48. The molecule has 0 saturated carbocycles. The maximum absolute atomic E-state index is 6.35. The van der Waals surface area contributed by atoms with Gasteiger partial charge in [0.15, 0.2) is 0 Å². The molecule has 7 heteroatoms. The molecule has 7 nitrogen and oxygen atoms in total. The van der Waals surface area contributed by atoms with Gasteiger partial charge < -0.3 is 14.2 Å². The number of nitrogens with zero attached hydrogens (tertiary/aromatic N) is 6. The summed E-state index contributed by atoms with van der Waals surface area (Å²) in [5, 5.41) is 1.06. The quantitative estimate of drug-likeness (QED) is 0.688. The first-order chi connectivity index (χ1) is 14.3. The molecule has 1 aromatic carbocycles. The van der Waals surface area contributed by atoms with Crippen molar-refractivity contribution in [2.24, 2.45) is 9.98 Å². The highest BCUT2D eigenvalue weighted by atomic mass is 16.5. The molecule has 3 aromatic rings.